The Hall–Kier alpha value is -2.24. The second-order valence-electron chi connectivity index (χ2n) is 5.14. The van der Waals surface area contributed by atoms with Crippen molar-refractivity contribution in [1.82, 2.24) is 15.0 Å². The van der Waals surface area contributed by atoms with Crippen molar-refractivity contribution in [3.8, 4) is 0 Å². The van der Waals surface area contributed by atoms with E-state index in [2.05, 4.69) is 17.2 Å². The smallest absolute Gasteiger partial charge is 0.258 e. The van der Waals surface area contributed by atoms with Gasteiger partial charge in [0.1, 0.15) is 0 Å². The Morgan fingerprint density at radius 3 is 2.62 bits per heavy atom. The van der Waals surface area contributed by atoms with Crippen molar-refractivity contribution >= 4 is 5.69 Å². The SMILES string of the molecule is CCCCCCc1cn(Cc2ccc([N+](=O)[O-])cc2)nn1. The lowest BCUT2D eigenvalue weighted by Gasteiger charge is -2.00. The minimum atomic E-state index is -0.395. The molecule has 1 aromatic carbocycles. The highest BCUT2D eigenvalue weighted by molar-refractivity contribution is 5.32. The first-order valence-corrected chi connectivity index (χ1v) is 7.31. The third kappa shape index (κ3) is 4.66. The standard InChI is InChI=1S/C15H20N4O2/c1-2-3-4-5-6-14-12-18(17-16-14)11-13-7-9-15(10-8-13)19(20)21/h7-10,12H,2-6,11H2,1H3. The Morgan fingerprint density at radius 1 is 1.19 bits per heavy atom. The van der Waals surface area contributed by atoms with Crippen LogP contribution in [0.2, 0.25) is 0 Å². The molecule has 6 heteroatoms. The fourth-order valence-electron chi connectivity index (χ4n) is 2.17. The third-order valence-corrected chi connectivity index (χ3v) is 3.36. The van der Waals surface area contributed by atoms with Crippen LogP contribution in [0, 0.1) is 10.1 Å². The summed E-state index contributed by atoms with van der Waals surface area (Å²) in [5.41, 5.74) is 2.09. The van der Waals surface area contributed by atoms with E-state index in [1.165, 1.54) is 31.4 Å². The minimum absolute atomic E-state index is 0.106. The predicted octanol–water partition coefficient (Wildman–Crippen LogP) is 3.36. The topological polar surface area (TPSA) is 73.8 Å². The minimum Gasteiger partial charge on any atom is -0.258 e. The maximum Gasteiger partial charge on any atom is 0.269 e. The number of nitro benzene ring substituents is 1. The zero-order chi connectivity index (χ0) is 15.1. The summed E-state index contributed by atoms with van der Waals surface area (Å²) >= 11 is 0. The summed E-state index contributed by atoms with van der Waals surface area (Å²) in [6, 6.07) is 6.53. The fourth-order valence-corrected chi connectivity index (χ4v) is 2.17. The van der Waals surface area contributed by atoms with Crippen LogP contribution in [0.5, 0.6) is 0 Å². The summed E-state index contributed by atoms with van der Waals surface area (Å²) in [5, 5.41) is 18.9. The Labute approximate surface area is 123 Å². The van der Waals surface area contributed by atoms with Crippen molar-refractivity contribution in [3.63, 3.8) is 0 Å². The van der Waals surface area contributed by atoms with E-state index in [1.54, 1.807) is 16.8 Å². The van der Waals surface area contributed by atoms with Crippen molar-refractivity contribution in [2.75, 3.05) is 0 Å². The molecule has 2 aromatic rings. The van der Waals surface area contributed by atoms with E-state index in [0.29, 0.717) is 6.54 Å². The maximum absolute atomic E-state index is 10.6. The Balaban J connectivity index is 1.88. The normalized spacial score (nSPS) is 10.7. The third-order valence-electron chi connectivity index (χ3n) is 3.36. The molecular formula is C15H20N4O2. The first-order chi connectivity index (χ1) is 10.2. The Kier molecular flexibility index (Phi) is 5.43. The van der Waals surface area contributed by atoms with Crippen LogP contribution in [0.4, 0.5) is 5.69 Å². The van der Waals surface area contributed by atoms with Crippen LogP contribution in [-0.2, 0) is 13.0 Å². The van der Waals surface area contributed by atoms with Crippen LogP contribution < -0.4 is 0 Å². The van der Waals surface area contributed by atoms with Crippen molar-refractivity contribution in [1.29, 1.82) is 0 Å². The number of non-ortho nitro benzene ring substituents is 1. The lowest BCUT2D eigenvalue weighted by Crippen LogP contribution is -2.00. The number of benzene rings is 1. The van der Waals surface area contributed by atoms with Crippen LogP contribution in [0.15, 0.2) is 30.5 Å². The van der Waals surface area contributed by atoms with Crippen LogP contribution >= 0.6 is 0 Å². The highest BCUT2D eigenvalue weighted by Crippen LogP contribution is 2.13. The molecule has 0 atom stereocenters. The van der Waals surface area contributed by atoms with Crippen molar-refractivity contribution in [3.05, 3.63) is 51.8 Å². The average Bonchev–Trinajstić information content (AvgIpc) is 2.92. The van der Waals surface area contributed by atoms with Crippen LogP contribution in [0.25, 0.3) is 0 Å². The number of aromatic nitrogens is 3. The lowest BCUT2D eigenvalue weighted by molar-refractivity contribution is -0.384. The van der Waals surface area contributed by atoms with Gasteiger partial charge in [-0.05, 0) is 18.4 Å². The number of unbranched alkanes of at least 4 members (excludes halogenated alkanes) is 3. The summed E-state index contributed by atoms with van der Waals surface area (Å²) in [6.07, 6.45) is 7.77. The molecular weight excluding hydrogens is 268 g/mol. The monoisotopic (exact) mass is 288 g/mol. The van der Waals surface area contributed by atoms with Gasteiger partial charge in [-0.15, -0.1) is 5.10 Å². The number of hydrogen-bond donors (Lipinski definition) is 0. The summed E-state index contributed by atoms with van der Waals surface area (Å²) < 4.78 is 1.77. The van der Waals surface area contributed by atoms with E-state index in [0.717, 1.165) is 24.1 Å². The molecule has 0 N–H and O–H groups in total. The van der Waals surface area contributed by atoms with Crippen molar-refractivity contribution in [2.24, 2.45) is 0 Å². The number of nitrogens with zero attached hydrogens (tertiary/aromatic N) is 4. The zero-order valence-electron chi connectivity index (χ0n) is 12.2. The van der Waals surface area contributed by atoms with Gasteiger partial charge in [-0.3, -0.25) is 10.1 Å². The largest absolute Gasteiger partial charge is 0.269 e. The molecule has 0 radical (unpaired) electrons. The highest BCUT2D eigenvalue weighted by atomic mass is 16.6. The van der Waals surface area contributed by atoms with E-state index >= 15 is 0 Å². The highest BCUT2D eigenvalue weighted by Gasteiger charge is 2.05. The summed E-state index contributed by atoms with van der Waals surface area (Å²) in [4.78, 5) is 10.2. The van der Waals surface area contributed by atoms with Gasteiger partial charge >= 0.3 is 0 Å². The van der Waals surface area contributed by atoms with E-state index in [4.69, 9.17) is 0 Å². The van der Waals surface area contributed by atoms with Gasteiger partial charge in [0.15, 0.2) is 0 Å². The molecule has 0 saturated heterocycles. The molecule has 112 valence electrons. The number of rotatable bonds is 8. The first-order valence-electron chi connectivity index (χ1n) is 7.31. The average molecular weight is 288 g/mol. The van der Waals surface area contributed by atoms with Gasteiger partial charge in [-0.1, -0.05) is 43.5 Å². The van der Waals surface area contributed by atoms with Gasteiger partial charge in [0.05, 0.1) is 17.2 Å². The second-order valence-corrected chi connectivity index (χ2v) is 5.14. The van der Waals surface area contributed by atoms with E-state index in [9.17, 15) is 10.1 Å². The van der Waals surface area contributed by atoms with Gasteiger partial charge in [0, 0.05) is 18.3 Å². The quantitative estimate of drug-likeness (QED) is 0.424. The summed E-state index contributed by atoms with van der Waals surface area (Å²) in [6.45, 7) is 2.78. The van der Waals surface area contributed by atoms with Gasteiger partial charge in [-0.2, -0.15) is 0 Å². The van der Waals surface area contributed by atoms with Crippen LogP contribution in [-0.4, -0.2) is 19.9 Å². The fraction of sp³-hybridized carbons (Fsp3) is 0.467. The van der Waals surface area contributed by atoms with Crippen LogP contribution in [0.1, 0.15) is 43.9 Å². The number of aryl methyl sites for hydroxylation is 1. The molecule has 0 aliphatic rings. The molecule has 1 aromatic heterocycles. The molecule has 0 amide bonds. The predicted molar refractivity (Wildman–Crippen MR) is 80.1 cm³/mol. The van der Waals surface area contributed by atoms with Crippen molar-refractivity contribution < 1.29 is 4.92 Å². The van der Waals surface area contributed by atoms with Gasteiger partial charge in [0.25, 0.3) is 5.69 Å². The summed E-state index contributed by atoms with van der Waals surface area (Å²) in [5.74, 6) is 0. The van der Waals surface area contributed by atoms with E-state index in [1.807, 2.05) is 6.20 Å². The molecule has 2 rings (SSSR count). The summed E-state index contributed by atoms with van der Waals surface area (Å²) in [7, 11) is 0. The maximum atomic E-state index is 10.6. The first kappa shape index (κ1) is 15.2. The van der Waals surface area contributed by atoms with Gasteiger partial charge in [-0.25, -0.2) is 4.68 Å². The molecule has 0 fully saturated rings. The molecule has 0 unspecified atom stereocenters. The molecule has 21 heavy (non-hydrogen) atoms. The molecule has 0 bridgehead atoms. The van der Waals surface area contributed by atoms with Crippen LogP contribution in [0.3, 0.4) is 0 Å². The molecule has 0 aliphatic heterocycles. The zero-order valence-corrected chi connectivity index (χ0v) is 12.2. The number of nitro groups is 1. The van der Waals surface area contributed by atoms with E-state index in [-0.39, 0.29) is 5.69 Å². The van der Waals surface area contributed by atoms with Crippen molar-refractivity contribution in [2.45, 2.75) is 45.6 Å². The lowest BCUT2D eigenvalue weighted by atomic mass is 10.1. The number of hydrogen-bond acceptors (Lipinski definition) is 4. The molecule has 0 spiro atoms. The van der Waals surface area contributed by atoms with E-state index < -0.39 is 4.92 Å². The molecule has 0 saturated carbocycles. The van der Waals surface area contributed by atoms with Gasteiger partial charge < -0.3 is 0 Å². The molecule has 1 heterocycles. The Bertz CT molecular complexity index is 578. The molecule has 0 aliphatic carbocycles. The second kappa shape index (κ2) is 7.52. The Morgan fingerprint density at radius 2 is 1.95 bits per heavy atom. The van der Waals surface area contributed by atoms with Gasteiger partial charge in [0.2, 0.25) is 0 Å². The molecule has 6 nitrogen and oxygen atoms in total.